The minimum atomic E-state index is -0.660. The van der Waals surface area contributed by atoms with Crippen LogP contribution in [0.25, 0.3) is 0 Å². The summed E-state index contributed by atoms with van der Waals surface area (Å²) >= 11 is 0. The van der Waals surface area contributed by atoms with Crippen LogP contribution in [0.5, 0.6) is 0 Å². The topological polar surface area (TPSA) is 86.6 Å². The molecule has 0 saturated heterocycles. The second kappa shape index (κ2) is 8.83. The van der Waals surface area contributed by atoms with Crippen molar-refractivity contribution in [3.05, 3.63) is 99.7 Å². The van der Waals surface area contributed by atoms with Gasteiger partial charge in [-0.3, -0.25) is 9.59 Å². The van der Waals surface area contributed by atoms with Crippen molar-refractivity contribution in [1.29, 1.82) is 0 Å². The number of esters is 1. The van der Waals surface area contributed by atoms with Crippen molar-refractivity contribution in [3.63, 3.8) is 0 Å². The standard InChI is InChI=1S/C21H17FN2O5/c1-28-21(27)15-7-9-17(10-8-15)23-19(25)18-6-3-11-24(20(18)26)29-13-14-4-2-5-16(22)12-14/h2-12H,13H2,1H3,(H,23,25). The van der Waals surface area contributed by atoms with Crippen molar-refractivity contribution in [2.45, 2.75) is 6.61 Å². The maximum absolute atomic E-state index is 13.2. The lowest BCUT2D eigenvalue weighted by atomic mass is 10.2. The highest BCUT2D eigenvalue weighted by atomic mass is 19.1. The minimum Gasteiger partial charge on any atom is -0.465 e. The molecule has 0 radical (unpaired) electrons. The number of carbonyl (C=O) groups is 2. The van der Waals surface area contributed by atoms with Gasteiger partial charge in [-0.15, -0.1) is 0 Å². The SMILES string of the molecule is COC(=O)c1ccc(NC(=O)c2cccn(OCc3cccc(F)c3)c2=O)cc1. The first-order valence-corrected chi connectivity index (χ1v) is 8.57. The maximum Gasteiger partial charge on any atom is 0.337 e. The molecule has 0 fully saturated rings. The summed E-state index contributed by atoms with van der Waals surface area (Å²) in [4.78, 5) is 41.8. The lowest BCUT2D eigenvalue weighted by Gasteiger charge is -2.10. The van der Waals surface area contributed by atoms with Gasteiger partial charge in [0.05, 0.1) is 12.7 Å². The number of ether oxygens (including phenoxy) is 1. The van der Waals surface area contributed by atoms with Gasteiger partial charge in [-0.25, -0.2) is 9.18 Å². The van der Waals surface area contributed by atoms with Crippen molar-refractivity contribution in [1.82, 2.24) is 4.73 Å². The molecule has 1 N–H and O–H groups in total. The summed E-state index contributed by atoms with van der Waals surface area (Å²) in [7, 11) is 1.27. The van der Waals surface area contributed by atoms with Crippen LogP contribution in [0.4, 0.5) is 10.1 Å². The van der Waals surface area contributed by atoms with Gasteiger partial charge in [0.2, 0.25) is 0 Å². The van der Waals surface area contributed by atoms with Crippen LogP contribution in [0.15, 0.2) is 71.7 Å². The Morgan fingerprint density at radius 3 is 2.52 bits per heavy atom. The molecule has 1 aromatic heterocycles. The first kappa shape index (κ1) is 19.8. The van der Waals surface area contributed by atoms with Crippen LogP contribution in [0.3, 0.4) is 0 Å². The van der Waals surface area contributed by atoms with E-state index in [4.69, 9.17) is 4.84 Å². The van der Waals surface area contributed by atoms with Crippen LogP contribution < -0.4 is 15.7 Å². The molecule has 0 unspecified atom stereocenters. The molecule has 2 aromatic carbocycles. The van der Waals surface area contributed by atoms with Crippen LogP contribution in [0.1, 0.15) is 26.3 Å². The highest BCUT2D eigenvalue weighted by Gasteiger charge is 2.14. The zero-order valence-corrected chi connectivity index (χ0v) is 15.4. The predicted molar refractivity (Wildman–Crippen MR) is 103 cm³/mol. The maximum atomic E-state index is 13.2. The average Bonchev–Trinajstić information content (AvgIpc) is 2.73. The molecule has 0 aliphatic heterocycles. The zero-order valence-electron chi connectivity index (χ0n) is 15.4. The van der Waals surface area contributed by atoms with E-state index in [2.05, 4.69) is 10.1 Å². The summed E-state index contributed by atoms with van der Waals surface area (Å²) in [6.45, 7) is -0.0439. The molecule has 7 nitrogen and oxygen atoms in total. The Labute approximate surface area is 165 Å². The summed E-state index contributed by atoms with van der Waals surface area (Å²) in [5.74, 6) is -1.54. The fraction of sp³-hybridized carbons (Fsp3) is 0.0952. The number of benzene rings is 2. The summed E-state index contributed by atoms with van der Waals surface area (Å²) in [6, 6.07) is 14.7. The molecule has 0 bridgehead atoms. The van der Waals surface area contributed by atoms with Gasteiger partial charge < -0.3 is 14.9 Å². The summed E-state index contributed by atoms with van der Waals surface area (Å²) in [6.07, 6.45) is 1.36. The van der Waals surface area contributed by atoms with Crippen LogP contribution >= 0.6 is 0 Å². The zero-order chi connectivity index (χ0) is 20.8. The van der Waals surface area contributed by atoms with E-state index in [1.165, 1.54) is 67.9 Å². The highest BCUT2D eigenvalue weighted by molar-refractivity contribution is 6.04. The van der Waals surface area contributed by atoms with Gasteiger partial charge in [0.1, 0.15) is 18.0 Å². The number of pyridine rings is 1. The van der Waals surface area contributed by atoms with Crippen molar-refractivity contribution < 1.29 is 23.6 Å². The largest absolute Gasteiger partial charge is 0.465 e. The molecule has 8 heteroatoms. The minimum absolute atomic E-state index is 0.0439. The second-order valence-corrected chi connectivity index (χ2v) is 5.98. The number of hydrogen-bond acceptors (Lipinski definition) is 5. The van der Waals surface area contributed by atoms with E-state index >= 15 is 0 Å². The van der Waals surface area contributed by atoms with Crippen LogP contribution in [0.2, 0.25) is 0 Å². The van der Waals surface area contributed by atoms with Gasteiger partial charge >= 0.3 is 5.97 Å². The number of aromatic nitrogens is 1. The Hall–Kier alpha value is -3.94. The number of anilines is 1. The molecule has 3 aromatic rings. The van der Waals surface area contributed by atoms with Crippen molar-refractivity contribution in [3.8, 4) is 0 Å². The second-order valence-electron chi connectivity index (χ2n) is 5.98. The molecule has 0 spiro atoms. The Morgan fingerprint density at radius 2 is 1.83 bits per heavy atom. The third kappa shape index (κ3) is 4.86. The molecule has 3 rings (SSSR count). The van der Waals surface area contributed by atoms with Crippen LogP contribution in [0, 0.1) is 5.82 Å². The van der Waals surface area contributed by atoms with Gasteiger partial charge in [-0.1, -0.05) is 12.1 Å². The Kier molecular flexibility index (Phi) is 6.03. The van der Waals surface area contributed by atoms with Crippen molar-refractivity contribution in [2.75, 3.05) is 12.4 Å². The lowest BCUT2D eigenvalue weighted by molar-refractivity contribution is 0.0600. The van der Waals surface area contributed by atoms with Gasteiger partial charge in [-0.2, -0.15) is 4.73 Å². The molecule has 0 aliphatic rings. The fourth-order valence-corrected chi connectivity index (χ4v) is 2.53. The van der Waals surface area contributed by atoms with Crippen LogP contribution in [-0.2, 0) is 11.3 Å². The number of amides is 1. The monoisotopic (exact) mass is 396 g/mol. The number of hydrogen-bond donors (Lipinski definition) is 1. The molecule has 29 heavy (non-hydrogen) atoms. The van der Waals surface area contributed by atoms with E-state index in [-0.39, 0.29) is 12.2 Å². The third-order valence-electron chi connectivity index (χ3n) is 3.98. The average molecular weight is 396 g/mol. The molecular weight excluding hydrogens is 379 g/mol. The van der Waals surface area contributed by atoms with E-state index in [1.807, 2.05) is 0 Å². The lowest BCUT2D eigenvalue weighted by Crippen LogP contribution is -2.32. The third-order valence-corrected chi connectivity index (χ3v) is 3.98. The Balaban J connectivity index is 1.72. The molecule has 1 heterocycles. The Bertz CT molecular complexity index is 1090. The first-order valence-electron chi connectivity index (χ1n) is 8.57. The molecule has 0 aliphatic carbocycles. The fourth-order valence-electron chi connectivity index (χ4n) is 2.53. The van der Waals surface area contributed by atoms with Crippen molar-refractivity contribution >= 4 is 17.6 Å². The molecule has 0 atom stereocenters. The Morgan fingerprint density at radius 1 is 1.07 bits per heavy atom. The predicted octanol–water partition coefficient (Wildman–Crippen LogP) is 2.66. The molecule has 0 saturated carbocycles. The number of nitrogens with zero attached hydrogens (tertiary/aromatic N) is 1. The van der Waals surface area contributed by atoms with Gasteiger partial charge in [0.25, 0.3) is 11.5 Å². The number of nitrogens with one attached hydrogen (secondary N) is 1. The number of halogens is 1. The molecule has 1 amide bonds. The summed E-state index contributed by atoms with van der Waals surface area (Å²) in [5.41, 5.74) is 0.477. The molecular formula is C21H17FN2O5. The first-order chi connectivity index (χ1) is 14.0. The summed E-state index contributed by atoms with van der Waals surface area (Å²) in [5, 5.41) is 2.58. The number of carbonyl (C=O) groups excluding carboxylic acids is 2. The van der Waals surface area contributed by atoms with Crippen molar-refractivity contribution in [2.24, 2.45) is 0 Å². The summed E-state index contributed by atoms with van der Waals surface area (Å²) < 4.78 is 18.8. The quantitative estimate of drug-likeness (QED) is 0.648. The molecule has 148 valence electrons. The number of methoxy groups -OCH3 is 1. The van der Waals surface area contributed by atoms with Gasteiger partial charge in [-0.05, 0) is 54.1 Å². The van der Waals surface area contributed by atoms with E-state index < -0.39 is 23.3 Å². The van der Waals surface area contributed by atoms with E-state index in [0.717, 1.165) is 4.73 Å². The number of rotatable bonds is 6. The van der Waals surface area contributed by atoms with Gasteiger partial charge in [0, 0.05) is 11.9 Å². The van der Waals surface area contributed by atoms with E-state index in [1.54, 1.807) is 6.07 Å². The van der Waals surface area contributed by atoms with Crippen LogP contribution in [-0.4, -0.2) is 23.7 Å². The van der Waals surface area contributed by atoms with E-state index in [9.17, 15) is 18.8 Å². The normalized spacial score (nSPS) is 10.3. The smallest absolute Gasteiger partial charge is 0.337 e. The van der Waals surface area contributed by atoms with E-state index in [0.29, 0.717) is 16.8 Å². The highest BCUT2D eigenvalue weighted by Crippen LogP contribution is 2.11. The van der Waals surface area contributed by atoms with Gasteiger partial charge in [0.15, 0.2) is 0 Å².